The van der Waals surface area contributed by atoms with Crippen molar-refractivity contribution in [2.45, 2.75) is 6.54 Å². The maximum Gasteiger partial charge on any atom is 0.148 e. The molecule has 17 heavy (non-hydrogen) atoms. The molecule has 0 unspecified atom stereocenters. The molecule has 3 N–H and O–H groups in total. The van der Waals surface area contributed by atoms with Crippen LogP contribution in [0.3, 0.4) is 0 Å². The van der Waals surface area contributed by atoms with Gasteiger partial charge < -0.3 is 20.2 Å². The van der Waals surface area contributed by atoms with E-state index in [2.05, 4.69) is 5.32 Å². The second-order valence-corrected chi connectivity index (χ2v) is 3.56. The second kappa shape index (κ2) is 4.78. The number of hydrogen-bond acceptors (Lipinski definition) is 4. The average Bonchev–Trinajstić information content (AvgIpc) is 2.81. The summed E-state index contributed by atoms with van der Waals surface area (Å²) in [6.07, 6.45) is 3.16. The molecule has 0 spiro atoms. The van der Waals surface area contributed by atoms with Crippen molar-refractivity contribution in [2.75, 3.05) is 18.2 Å². The Hall–Kier alpha value is -2.17. The summed E-state index contributed by atoms with van der Waals surface area (Å²) in [5.41, 5.74) is 7.14. The van der Waals surface area contributed by atoms with Gasteiger partial charge in [-0.05, 0) is 6.07 Å². The number of rotatable bonds is 4. The number of nitrogen functional groups attached to an aromatic ring is 1. The Labute approximate surface area is 98.2 Å². The van der Waals surface area contributed by atoms with Crippen molar-refractivity contribution in [1.29, 1.82) is 0 Å². The molecule has 0 aliphatic rings. The van der Waals surface area contributed by atoms with E-state index >= 15 is 0 Å². The van der Waals surface area contributed by atoms with Gasteiger partial charge in [-0.2, -0.15) is 0 Å². The predicted octanol–water partition coefficient (Wildman–Crippen LogP) is 2.62. The van der Waals surface area contributed by atoms with Crippen LogP contribution in [0.5, 0.6) is 5.75 Å². The van der Waals surface area contributed by atoms with Gasteiger partial charge in [0.05, 0.1) is 31.0 Å². The third-order valence-corrected chi connectivity index (χ3v) is 2.38. The van der Waals surface area contributed by atoms with Crippen LogP contribution in [0.1, 0.15) is 5.56 Å². The van der Waals surface area contributed by atoms with Crippen LogP contribution in [0.15, 0.2) is 35.1 Å². The first-order chi connectivity index (χ1) is 8.20. The predicted molar refractivity (Wildman–Crippen MR) is 63.4 cm³/mol. The Morgan fingerprint density at radius 3 is 2.94 bits per heavy atom. The number of furan rings is 1. The van der Waals surface area contributed by atoms with Gasteiger partial charge in [0, 0.05) is 24.2 Å². The number of methoxy groups -OCH3 is 1. The summed E-state index contributed by atoms with van der Waals surface area (Å²) in [5, 5.41) is 2.95. The summed E-state index contributed by atoms with van der Waals surface area (Å²) in [4.78, 5) is 0. The summed E-state index contributed by atoms with van der Waals surface area (Å²) >= 11 is 0. The number of nitrogens with two attached hydrogens (primary N) is 1. The van der Waals surface area contributed by atoms with Crippen molar-refractivity contribution in [1.82, 2.24) is 0 Å². The van der Waals surface area contributed by atoms with Crippen LogP contribution in [-0.2, 0) is 6.54 Å². The number of anilines is 2. The summed E-state index contributed by atoms with van der Waals surface area (Å²) in [6.45, 7) is 0.473. The molecule has 0 radical (unpaired) electrons. The maximum absolute atomic E-state index is 13.6. The molecule has 0 saturated heterocycles. The minimum atomic E-state index is -0.410. The minimum Gasteiger partial charge on any atom is -0.495 e. The summed E-state index contributed by atoms with van der Waals surface area (Å²) < 4.78 is 23.5. The van der Waals surface area contributed by atoms with Gasteiger partial charge in [-0.15, -0.1) is 0 Å². The smallest absolute Gasteiger partial charge is 0.148 e. The Bertz CT molecular complexity index is 497. The molecule has 1 heterocycles. The molecule has 0 bridgehead atoms. The highest BCUT2D eigenvalue weighted by Gasteiger charge is 2.08. The summed E-state index contributed by atoms with van der Waals surface area (Å²) in [6, 6.07) is 4.57. The SMILES string of the molecule is COc1cc(NCc2ccoc2)c(F)cc1N. The molecule has 0 fully saturated rings. The first-order valence-electron chi connectivity index (χ1n) is 5.08. The van der Waals surface area contributed by atoms with E-state index in [1.165, 1.54) is 19.2 Å². The molecule has 4 nitrogen and oxygen atoms in total. The Kier molecular flexibility index (Phi) is 3.18. The maximum atomic E-state index is 13.6. The van der Waals surface area contributed by atoms with Crippen molar-refractivity contribution in [3.05, 3.63) is 42.1 Å². The fraction of sp³-hybridized carbons (Fsp3) is 0.167. The van der Waals surface area contributed by atoms with Crippen LogP contribution in [0.4, 0.5) is 15.8 Å². The van der Waals surface area contributed by atoms with Crippen LogP contribution in [-0.4, -0.2) is 7.11 Å². The lowest BCUT2D eigenvalue weighted by Crippen LogP contribution is -2.02. The Morgan fingerprint density at radius 2 is 2.29 bits per heavy atom. The van der Waals surface area contributed by atoms with E-state index in [0.717, 1.165) is 5.56 Å². The monoisotopic (exact) mass is 236 g/mol. The zero-order chi connectivity index (χ0) is 12.3. The van der Waals surface area contributed by atoms with Gasteiger partial charge in [-0.25, -0.2) is 4.39 Å². The van der Waals surface area contributed by atoms with Crippen molar-refractivity contribution in [2.24, 2.45) is 0 Å². The Balaban J connectivity index is 2.15. The lowest BCUT2D eigenvalue weighted by molar-refractivity contribution is 0.416. The van der Waals surface area contributed by atoms with E-state index in [-0.39, 0.29) is 5.69 Å². The van der Waals surface area contributed by atoms with Crippen molar-refractivity contribution < 1.29 is 13.5 Å². The van der Waals surface area contributed by atoms with Gasteiger partial charge >= 0.3 is 0 Å². The van der Waals surface area contributed by atoms with Gasteiger partial charge in [-0.1, -0.05) is 0 Å². The standard InChI is InChI=1S/C12H13FN2O2/c1-16-12-5-11(9(13)4-10(12)14)15-6-8-2-3-17-7-8/h2-5,7,15H,6,14H2,1H3. The van der Waals surface area contributed by atoms with Crippen LogP contribution in [0, 0.1) is 5.82 Å². The molecule has 5 heteroatoms. The van der Waals surface area contributed by atoms with Crippen LogP contribution < -0.4 is 15.8 Å². The minimum absolute atomic E-state index is 0.277. The zero-order valence-electron chi connectivity index (χ0n) is 9.37. The molecule has 0 saturated carbocycles. The fourth-order valence-corrected chi connectivity index (χ4v) is 1.47. The summed E-state index contributed by atoms with van der Waals surface area (Å²) in [5.74, 6) is 0.0351. The first kappa shape index (κ1) is 11.3. The number of ether oxygens (including phenoxy) is 1. The Morgan fingerprint density at radius 1 is 1.47 bits per heavy atom. The van der Waals surface area contributed by atoms with Gasteiger partial charge in [0.15, 0.2) is 0 Å². The fourth-order valence-electron chi connectivity index (χ4n) is 1.47. The van der Waals surface area contributed by atoms with E-state index in [9.17, 15) is 4.39 Å². The van der Waals surface area contributed by atoms with E-state index in [4.69, 9.17) is 14.9 Å². The van der Waals surface area contributed by atoms with E-state index in [1.54, 1.807) is 18.6 Å². The van der Waals surface area contributed by atoms with Gasteiger partial charge in [0.1, 0.15) is 11.6 Å². The normalized spacial score (nSPS) is 10.2. The third kappa shape index (κ3) is 2.50. The van der Waals surface area contributed by atoms with Gasteiger partial charge in [0.2, 0.25) is 0 Å². The molecule has 0 aliphatic heterocycles. The molecule has 0 atom stereocenters. The quantitative estimate of drug-likeness (QED) is 0.801. The highest BCUT2D eigenvalue weighted by atomic mass is 19.1. The largest absolute Gasteiger partial charge is 0.495 e. The molecule has 1 aromatic heterocycles. The molecular weight excluding hydrogens is 223 g/mol. The van der Waals surface area contributed by atoms with Crippen LogP contribution in [0.25, 0.3) is 0 Å². The molecule has 2 rings (SSSR count). The third-order valence-electron chi connectivity index (χ3n) is 2.38. The van der Waals surface area contributed by atoms with Crippen LogP contribution >= 0.6 is 0 Å². The molecule has 90 valence electrons. The zero-order valence-corrected chi connectivity index (χ0v) is 9.37. The molecule has 0 amide bonds. The molecule has 2 aromatic rings. The number of halogens is 1. The van der Waals surface area contributed by atoms with E-state index < -0.39 is 5.82 Å². The van der Waals surface area contributed by atoms with E-state index in [0.29, 0.717) is 18.0 Å². The molecule has 1 aromatic carbocycles. The van der Waals surface area contributed by atoms with Crippen LogP contribution in [0.2, 0.25) is 0 Å². The van der Waals surface area contributed by atoms with Gasteiger partial charge in [0.25, 0.3) is 0 Å². The topological polar surface area (TPSA) is 60.4 Å². The highest BCUT2D eigenvalue weighted by molar-refractivity contribution is 5.62. The van der Waals surface area contributed by atoms with Crippen molar-refractivity contribution >= 4 is 11.4 Å². The lowest BCUT2D eigenvalue weighted by Gasteiger charge is -2.10. The summed E-state index contributed by atoms with van der Waals surface area (Å²) in [7, 11) is 1.49. The average molecular weight is 236 g/mol. The van der Waals surface area contributed by atoms with Crippen molar-refractivity contribution in [3.8, 4) is 5.75 Å². The highest BCUT2D eigenvalue weighted by Crippen LogP contribution is 2.28. The number of nitrogens with one attached hydrogen (secondary N) is 1. The molecule has 0 aliphatic carbocycles. The van der Waals surface area contributed by atoms with Gasteiger partial charge in [-0.3, -0.25) is 0 Å². The number of benzene rings is 1. The molecular formula is C12H13FN2O2. The van der Waals surface area contributed by atoms with E-state index in [1.807, 2.05) is 0 Å². The lowest BCUT2D eigenvalue weighted by atomic mass is 10.2. The first-order valence-corrected chi connectivity index (χ1v) is 5.08. The number of hydrogen-bond donors (Lipinski definition) is 2. The van der Waals surface area contributed by atoms with Crippen molar-refractivity contribution in [3.63, 3.8) is 0 Å². The second-order valence-electron chi connectivity index (χ2n) is 3.56.